The van der Waals surface area contributed by atoms with Crippen molar-refractivity contribution in [1.82, 2.24) is 15.2 Å². The number of rotatable bonds is 5. The second-order valence-corrected chi connectivity index (χ2v) is 7.10. The first-order valence-electron chi connectivity index (χ1n) is 8.76. The summed E-state index contributed by atoms with van der Waals surface area (Å²) in [6.45, 7) is 9.07. The molecule has 26 heavy (non-hydrogen) atoms. The summed E-state index contributed by atoms with van der Waals surface area (Å²) in [5.74, 6) is -0.219. The maximum atomic E-state index is 12.1. The zero-order valence-electron chi connectivity index (χ0n) is 15.9. The molecule has 1 fully saturated rings. The minimum Gasteiger partial charge on any atom is -0.444 e. The van der Waals surface area contributed by atoms with E-state index in [1.165, 1.54) is 0 Å². The molecule has 1 aromatic heterocycles. The second-order valence-electron chi connectivity index (χ2n) is 7.10. The predicted molar refractivity (Wildman–Crippen MR) is 98.5 cm³/mol. The van der Waals surface area contributed by atoms with Crippen LogP contribution in [0.5, 0.6) is 0 Å². The van der Waals surface area contributed by atoms with Gasteiger partial charge >= 0.3 is 6.09 Å². The highest BCUT2D eigenvalue weighted by Crippen LogP contribution is 2.17. The Hall–Kier alpha value is -2.35. The van der Waals surface area contributed by atoms with Crippen LogP contribution >= 0.6 is 0 Å². The van der Waals surface area contributed by atoms with E-state index in [0.29, 0.717) is 45.0 Å². The highest BCUT2D eigenvalue weighted by Gasteiger charge is 2.26. The van der Waals surface area contributed by atoms with Crippen LogP contribution in [0.15, 0.2) is 18.3 Å². The van der Waals surface area contributed by atoms with Gasteiger partial charge in [-0.2, -0.15) is 0 Å². The van der Waals surface area contributed by atoms with E-state index in [9.17, 15) is 9.59 Å². The molecule has 0 atom stereocenters. The maximum absolute atomic E-state index is 12.1. The Labute approximate surface area is 154 Å². The molecule has 1 saturated heterocycles. The van der Waals surface area contributed by atoms with Gasteiger partial charge in [-0.3, -0.25) is 4.79 Å². The summed E-state index contributed by atoms with van der Waals surface area (Å²) >= 11 is 0. The first kappa shape index (κ1) is 20.0. The van der Waals surface area contributed by atoms with Crippen molar-refractivity contribution in [3.05, 3.63) is 24.0 Å². The van der Waals surface area contributed by atoms with Crippen LogP contribution in [0.1, 0.15) is 31.3 Å². The Bertz CT molecular complexity index is 605. The lowest BCUT2D eigenvalue weighted by atomic mass is 10.2. The van der Waals surface area contributed by atoms with Gasteiger partial charge in [0.05, 0.1) is 18.5 Å². The molecule has 1 aliphatic heterocycles. The number of methoxy groups -OCH3 is 1. The molecule has 8 heteroatoms. The number of aromatic nitrogens is 1. The van der Waals surface area contributed by atoms with E-state index in [4.69, 9.17) is 9.47 Å². The Morgan fingerprint density at radius 3 is 2.42 bits per heavy atom. The van der Waals surface area contributed by atoms with E-state index < -0.39 is 5.60 Å². The molecule has 0 saturated carbocycles. The van der Waals surface area contributed by atoms with Gasteiger partial charge in [0, 0.05) is 39.8 Å². The van der Waals surface area contributed by atoms with Gasteiger partial charge in [-0.15, -0.1) is 0 Å². The van der Waals surface area contributed by atoms with Crippen LogP contribution in [0.2, 0.25) is 0 Å². The summed E-state index contributed by atoms with van der Waals surface area (Å²) in [4.78, 5) is 32.1. The smallest absolute Gasteiger partial charge is 0.410 e. The van der Waals surface area contributed by atoms with Gasteiger partial charge in [0.2, 0.25) is 0 Å². The third kappa shape index (κ3) is 5.87. The minimum absolute atomic E-state index is 0.219. The molecular weight excluding hydrogens is 336 g/mol. The minimum atomic E-state index is -0.488. The van der Waals surface area contributed by atoms with Crippen molar-refractivity contribution < 1.29 is 19.1 Å². The number of hydrogen-bond donors (Lipinski definition) is 1. The Morgan fingerprint density at radius 1 is 1.19 bits per heavy atom. The number of hydrogen-bond acceptors (Lipinski definition) is 6. The van der Waals surface area contributed by atoms with Crippen molar-refractivity contribution in [2.24, 2.45) is 0 Å². The topological polar surface area (TPSA) is 84.0 Å². The molecule has 0 spiro atoms. The van der Waals surface area contributed by atoms with Gasteiger partial charge in [0.1, 0.15) is 11.3 Å². The van der Waals surface area contributed by atoms with Crippen molar-refractivity contribution in [2.45, 2.75) is 26.4 Å². The van der Waals surface area contributed by atoms with E-state index in [0.717, 1.165) is 5.69 Å². The average Bonchev–Trinajstić information content (AvgIpc) is 2.61. The number of ether oxygens (including phenoxy) is 2. The molecule has 0 radical (unpaired) electrons. The normalized spacial score (nSPS) is 14.9. The average molecular weight is 364 g/mol. The lowest BCUT2D eigenvalue weighted by Gasteiger charge is -2.36. The fourth-order valence-corrected chi connectivity index (χ4v) is 2.54. The van der Waals surface area contributed by atoms with E-state index in [1.807, 2.05) is 26.8 Å². The van der Waals surface area contributed by atoms with Crippen molar-refractivity contribution in [1.29, 1.82) is 0 Å². The van der Waals surface area contributed by atoms with Gasteiger partial charge in [-0.1, -0.05) is 0 Å². The summed E-state index contributed by atoms with van der Waals surface area (Å²) in [6, 6.07) is 3.58. The summed E-state index contributed by atoms with van der Waals surface area (Å²) in [6.07, 6.45) is 1.41. The van der Waals surface area contributed by atoms with Crippen molar-refractivity contribution in [2.75, 3.05) is 51.3 Å². The van der Waals surface area contributed by atoms with Gasteiger partial charge in [-0.05, 0) is 32.9 Å². The molecule has 2 heterocycles. The van der Waals surface area contributed by atoms with E-state index >= 15 is 0 Å². The predicted octanol–water partition coefficient (Wildman–Crippen LogP) is 1.51. The van der Waals surface area contributed by atoms with Crippen LogP contribution in [-0.2, 0) is 9.47 Å². The van der Waals surface area contributed by atoms with Gasteiger partial charge in [-0.25, -0.2) is 9.78 Å². The monoisotopic (exact) mass is 364 g/mol. The summed E-state index contributed by atoms with van der Waals surface area (Å²) in [7, 11) is 1.59. The second kappa shape index (κ2) is 8.84. The first-order valence-corrected chi connectivity index (χ1v) is 8.76. The van der Waals surface area contributed by atoms with Crippen LogP contribution < -0.4 is 10.2 Å². The fourth-order valence-electron chi connectivity index (χ4n) is 2.54. The molecule has 0 aromatic carbocycles. The molecule has 8 nitrogen and oxygen atoms in total. The van der Waals surface area contributed by atoms with Gasteiger partial charge in [0.15, 0.2) is 0 Å². The highest BCUT2D eigenvalue weighted by molar-refractivity contribution is 5.92. The molecule has 1 aromatic rings. The third-order valence-corrected chi connectivity index (χ3v) is 3.87. The highest BCUT2D eigenvalue weighted by atomic mass is 16.6. The lowest BCUT2D eigenvalue weighted by molar-refractivity contribution is 0.0240. The standard InChI is InChI=1S/C18H28N4O4/c1-18(2,3)26-17(24)22-10-8-21(9-11-22)14-5-6-15(20-13-14)16(23)19-7-12-25-4/h5-6,13H,7-12H2,1-4H3,(H,19,23). The van der Waals surface area contributed by atoms with E-state index in [-0.39, 0.29) is 12.0 Å². The Morgan fingerprint density at radius 2 is 1.88 bits per heavy atom. The van der Waals surface area contributed by atoms with Crippen LogP contribution in [0.25, 0.3) is 0 Å². The van der Waals surface area contributed by atoms with Crippen molar-refractivity contribution >= 4 is 17.7 Å². The molecular formula is C18H28N4O4. The van der Waals surface area contributed by atoms with Crippen LogP contribution in [0.3, 0.4) is 0 Å². The van der Waals surface area contributed by atoms with Crippen molar-refractivity contribution in [3.8, 4) is 0 Å². The third-order valence-electron chi connectivity index (χ3n) is 3.87. The summed E-state index contributed by atoms with van der Waals surface area (Å²) in [5.41, 5.74) is 0.817. The quantitative estimate of drug-likeness (QED) is 0.798. The number of piperazine rings is 1. The first-order chi connectivity index (χ1) is 12.3. The molecule has 0 unspecified atom stereocenters. The number of pyridine rings is 1. The lowest BCUT2D eigenvalue weighted by Crippen LogP contribution is -2.50. The van der Waals surface area contributed by atoms with E-state index in [1.54, 1.807) is 24.3 Å². The number of nitrogens with one attached hydrogen (secondary N) is 1. The number of carbonyl (C=O) groups excluding carboxylic acids is 2. The zero-order valence-corrected chi connectivity index (χ0v) is 15.9. The summed E-state index contributed by atoms with van der Waals surface area (Å²) in [5, 5.41) is 2.74. The van der Waals surface area contributed by atoms with Crippen LogP contribution in [0, 0.1) is 0 Å². The maximum Gasteiger partial charge on any atom is 0.410 e. The van der Waals surface area contributed by atoms with Gasteiger partial charge in [0.25, 0.3) is 5.91 Å². The van der Waals surface area contributed by atoms with E-state index in [2.05, 4.69) is 15.2 Å². The molecule has 2 amide bonds. The summed E-state index contributed by atoms with van der Waals surface area (Å²) < 4.78 is 10.3. The fraction of sp³-hybridized carbons (Fsp3) is 0.611. The number of carbonyl (C=O) groups is 2. The molecule has 2 rings (SSSR count). The molecule has 1 N–H and O–H groups in total. The molecule has 0 aliphatic carbocycles. The molecule has 0 bridgehead atoms. The van der Waals surface area contributed by atoms with Crippen LogP contribution in [0.4, 0.5) is 10.5 Å². The Balaban J connectivity index is 1.85. The number of anilines is 1. The number of amides is 2. The zero-order chi connectivity index (χ0) is 19.2. The number of nitrogens with zero attached hydrogens (tertiary/aromatic N) is 3. The Kier molecular flexibility index (Phi) is 6.79. The molecule has 1 aliphatic rings. The van der Waals surface area contributed by atoms with Crippen LogP contribution in [-0.4, -0.2) is 73.9 Å². The van der Waals surface area contributed by atoms with Crippen molar-refractivity contribution in [3.63, 3.8) is 0 Å². The largest absolute Gasteiger partial charge is 0.444 e. The van der Waals surface area contributed by atoms with Gasteiger partial charge < -0.3 is 24.6 Å². The molecule has 144 valence electrons. The SMILES string of the molecule is COCCNC(=O)c1ccc(N2CCN(C(=O)OC(C)(C)C)CC2)cn1.